The third-order valence-corrected chi connectivity index (χ3v) is 2.62. The summed E-state index contributed by atoms with van der Waals surface area (Å²) in [6.45, 7) is 0. The Bertz CT molecular complexity index is 573. The standard InChI is InChI=1S/C14H12O4/c1-18-11-6-7-12(14(16)17)13(8-11)9-2-4-10(15)5-3-9/h2-8,15H,1H3,(H,16,17)/p-1. The van der Waals surface area contributed by atoms with Crippen LogP contribution in [0, 0.1) is 0 Å². The summed E-state index contributed by atoms with van der Waals surface area (Å²) in [5, 5.41) is 20.2. The lowest BCUT2D eigenvalue weighted by molar-refractivity contribution is -0.268. The largest absolute Gasteiger partial charge is 0.872 e. The minimum Gasteiger partial charge on any atom is -0.872 e. The van der Waals surface area contributed by atoms with Crippen molar-refractivity contribution in [3.63, 3.8) is 0 Å². The van der Waals surface area contributed by atoms with Crippen LogP contribution in [-0.4, -0.2) is 18.2 Å². The predicted octanol–water partition coefficient (Wildman–Crippen LogP) is 2.13. The second kappa shape index (κ2) is 4.79. The van der Waals surface area contributed by atoms with Crippen molar-refractivity contribution in [1.29, 1.82) is 0 Å². The quantitative estimate of drug-likeness (QED) is 0.896. The first-order chi connectivity index (χ1) is 8.61. The summed E-state index contributed by atoms with van der Waals surface area (Å²) in [7, 11) is 1.51. The number of methoxy groups -OCH3 is 1. The van der Waals surface area contributed by atoms with Crippen molar-refractivity contribution in [2.24, 2.45) is 0 Å². The van der Waals surface area contributed by atoms with Crippen LogP contribution in [0.15, 0.2) is 42.5 Å². The van der Waals surface area contributed by atoms with Gasteiger partial charge in [-0.15, -0.1) is 5.75 Å². The van der Waals surface area contributed by atoms with Crippen molar-refractivity contribution in [3.8, 4) is 22.6 Å². The van der Waals surface area contributed by atoms with E-state index in [2.05, 4.69) is 0 Å². The van der Waals surface area contributed by atoms with Gasteiger partial charge in [-0.25, -0.2) is 4.79 Å². The van der Waals surface area contributed by atoms with Crippen LogP contribution in [0.3, 0.4) is 0 Å². The van der Waals surface area contributed by atoms with Gasteiger partial charge in [0.05, 0.1) is 12.7 Å². The van der Waals surface area contributed by atoms with Gasteiger partial charge in [0.25, 0.3) is 0 Å². The molecule has 2 aromatic carbocycles. The molecule has 0 aliphatic heterocycles. The molecule has 0 bridgehead atoms. The van der Waals surface area contributed by atoms with Crippen LogP contribution in [0.25, 0.3) is 11.1 Å². The number of aromatic carboxylic acids is 1. The molecular weight excluding hydrogens is 232 g/mol. The molecule has 0 unspecified atom stereocenters. The summed E-state index contributed by atoms with van der Waals surface area (Å²) < 4.78 is 5.08. The molecule has 0 aliphatic carbocycles. The predicted molar refractivity (Wildman–Crippen MR) is 64.8 cm³/mol. The molecule has 4 nitrogen and oxygen atoms in total. The molecule has 0 saturated heterocycles. The zero-order chi connectivity index (χ0) is 13.1. The van der Waals surface area contributed by atoms with Crippen molar-refractivity contribution in [1.82, 2.24) is 0 Å². The average molecular weight is 243 g/mol. The maximum Gasteiger partial charge on any atom is 0.336 e. The fourth-order valence-corrected chi connectivity index (χ4v) is 1.71. The Morgan fingerprint density at radius 2 is 1.83 bits per heavy atom. The van der Waals surface area contributed by atoms with Crippen LogP contribution in [0.4, 0.5) is 0 Å². The van der Waals surface area contributed by atoms with E-state index in [1.807, 2.05) is 0 Å². The van der Waals surface area contributed by atoms with E-state index in [1.54, 1.807) is 24.3 Å². The molecule has 0 aliphatic rings. The first kappa shape index (κ1) is 12.0. The molecule has 4 heteroatoms. The molecule has 0 spiro atoms. The summed E-state index contributed by atoms with van der Waals surface area (Å²) >= 11 is 0. The molecule has 0 fully saturated rings. The van der Waals surface area contributed by atoms with Crippen LogP contribution in [-0.2, 0) is 0 Å². The molecule has 2 rings (SSSR count). The van der Waals surface area contributed by atoms with Crippen LogP contribution in [0.2, 0.25) is 0 Å². The van der Waals surface area contributed by atoms with Gasteiger partial charge in [0.1, 0.15) is 5.75 Å². The second-order valence-corrected chi connectivity index (χ2v) is 3.74. The van der Waals surface area contributed by atoms with Gasteiger partial charge < -0.3 is 14.9 Å². The van der Waals surface area contributed by atoms with Gasteiger partial charge in [0.2, 0.25) is 0 Å². The highest BCUT2D eigenvalue weighted by Crippen LogP contribution is 2.28. The molecule has 1 N–H and O–H groups in total. The molecular formula is C14H11O4-. The zero-order valence-electron chi connectivity index (χ0n) is 9.71. The number of ether oxygens (including phenoxy) is 1. The summed E-state index contributed by atoms with van der Waals surface area (Å²) in [5.74, 6) is -0.557. The van der Waals surface area contributed by atoms with Crippen LogP contribution in [0.5, 0.6) is 11.5 Å². The number of benzene rings is 2. The van der Waals surface area contributed by atoms with E-state index in [-0.39, 0.29) is 11.3 Å². The van der Waals surface area contributed by atoms with E-state index in [4.69, 9.17) is 9.84 Å². The lowest BCUT2D eigenvalue weighted by Gasteiger charge is -2.10. The van der Waals surface area contributed by atoms with Crippen molar-refractivity contribution in [2.45, 2.75) is 0 Å². The van der Waals surface area contributed by atoms with E-state index < -0.39 is 5.97 Å². The Labute approximate surface area is 104 Å². The SMILES string of the molecule is COc1ccc(C(=O)O)c(-c2ccc([O-])cc2)c1. The summed E-state index contributed by atoms with van der Waals surface area (Å²) in [6, 6.07) is 10.7. The number of hydrogen-bond donors (Lipinski definition) is 1. The Balaban J connectivity index is 2.59. The highest BCUT2D eigenvalue weighted by molar-refractivity contribution is 5.96. The maximum atomic E-state index is 11.2. The van der Waals surface area contributed by atoms with E-state index >= 15 is 0 Å². The fraction of sp³-hybridized carbons (Fsp3) is 0.0714. The van der Waals surface area contributed by atoms with E-state index in [0.717, 1.165) is 0 Å². The second-order valence-electron chi connectivity index (χ2n) is 3.74. The van der Waals surface area contributed by atoms with Gasteiger partial charge in [-0.3, -0.25) is 0 Å². The molecule has 0 saturated carbocycles. The summed E-state index contributed by atoms with van der Waals surface area (Å²) in [4.78, 5) is 11.2. The highest BCUT2D eigenvalue weighted by Gasteiger charge is 2.12. The minimum atomic E-state index is -1.01. The van der Waals surface area contributed by atoms with Crippen molar-refractivity contribution in [3.05, 3.63) is 48.0 Å². The van der Waals surface area contributed by atoms with Crippen molar-refractivity contribution in [2.75, 3.05) is 7.11 Å². The molecule has 0 aromatic heterocycles. The first-order valence-electron chi connectivity index (χ1n) is 5.30. The third-order valence-electron chi connectivity index (χ3n) is 2.62. The van der Waals surface area contributed by atoms with Gasteiger partial charge in [0, 0.05) is 0 Å². The lowest BCUT2D eigenvalue weighted by atomic mass is 9.99. The first-order valence-corrected chi connectivity index (χ1v) is 5.30. The summed E-state index contributed by atoms with van der Waals surface area (Å²) in [5.41, 5.74) is 1.38. The van der Waals surface area contributed by atoms with Crippen LogP contribution >= 0.6 is 0 Å². The topological polar surface area (TPSA) is 69.6 Å². The number of carbonyl (C=O) groups is 1. The number of carboxylic acids is 1. The maximum absolute atomic E-state index is 11.2. The smallest absolute Gasteiger partial charge is 0.336 e. The normalized spacial score (nSPS) is 10.1. The van der Waals surface area contributed by atoms with Gasteiger partial charge in [0.15, 0.2) is 0 Å². The summed E-state index contributed by atoms with van der Waals surface area (Å²) in [6.07, 6.45) is 0. The Kier molecular flexibility index (Phi) is 3.19. The van der Waals surface area contributed by atoms with Gasteiger partial charge in [-0.1, -0.05) is 24.3 Å². The molecule has 2 aromatic rings. The Morgan fingerprint density at radius 1 is 1.17 bits per heavy atom. The number of rotatable bonds is 3. The van der Waals surface area contributed by atoms with Crippen molar-refractivity contribution < 1.29 is 19.7 Å². The van der Waals surface area contributed by atoms with E-state index in [1.165, 1.54) is 25.3 Å². The lowest BCUT2D eigenvalue weighted by Crippen LogP contribution is -2.00. The molecule has 18 heavy (non-hydrogen) atoms. The van der Waals surface area contributed by atoms with Crippen LogP contribution < -0.4 is 9.84 Å². The van der Waals surface area contributed by atoms with Gasteiger partial charge >= 0.3 is 5.97 Å². The third kappa shape index (κ3) is 2.27. The minimum absolute atomic E-state index is 0.112. The molecule has 0 heterocycles. The average Bonchev–Trinajstić information content (AvgIpc) is 2.38. The van der Waals surface area contributed by atoms with Gasteiger partial charge in [-0.2, -0.15) is 0 Å². The van der Waals surface area contributed by atoms with E-state index in [9.17, 15) is 9.90 Å². The molecule has 0 amide bonds. The van der Waals surface area contributed by atoms with E-state index in [0.29, 0.717) is 16.9 Å². The zero-order valence-corrected chi connectivity index (χ0v) is 9.71. The Hall–Kier alpha value is -2.49. The van der Waals surface area contributed by atoms with Gasteiger partial charge in [-0.05, 0) is 29.3 Å². The molecule has 0 atom stereocenters. The van der Waals surface area contributed by atoms with Crippen molar-refractivity contribution >= 4 is 5.97 Å². The molecule has 92 valence electrons. The van der Waals surface area contributed by atoms with Crippen LogP contribution in [0.1, 0.15) is 10.4 Å². The monoisotopic (exact) mass is 243 g/mol. The Morgan fingerprint density at radius 3 is 2.39 bits per heavy atom. The highest BCUT2D eigenvalue weighted by atomic mass is 16.5. The number of hydrogen-bond acceptors (Lipinski definition) is 3. The number of carboxylic acid groups (broad SMARTS) is 1. The molecule has 0 radical (unpaired) electrons. The fourth-order valence-electron chi connectivity index (χ4n) is 1.71.